The molecule has 3 aliphatic rings. The number of fused-ring (bicyclic) bond motifs is 1. The van der Waals surface area contributed by atoms with E-state index >= 15 is 0 Å². The molecular weight excluding hydrogens is 502 g/mol. The molecule has 0 atom stereocenters. The molecular formula is C28H29N5O2S2. The van der Waals surface area contributed by atoms with Crippen LogP contribution in [0.5, 0.6) is 0 Å². The molecule has 0 bridgehead atoms. The monoisotopic (exact) mass is 531 g/mol. The molecule has 37 heavy (non-hydrogen) atoms. The molecule has 0 radical (unpaired) electrons. The number of para-hydroxylation sites is 1. The molecule has 2 aromatic heterocycles. The molecule has 1 aromatic carbocycles. The predicted octanol–water partition coefficient (Wildman–Crippen LogP) is 4.47. The van der Waals surface area contributed by atoms with Crippen LogP contribution in [0.15, 0.2) is 58.4 Å². The number of anilines is 2. The first kappa shape index (κ1) is 24.2. The van der Waals surface area contributed by atoms with E-state index in [1.807, 2.05) is 25.1 Å². The van der Waals surface area contributed by atoms with Gasteiger partial charge in [0.25, 0.3) is 11.5 Å². The zero-order valence-corrected chi connectivity index (χ0v) is 22.4. The minimum atomic E-state index is -0.166. The van der Waals surface area contributed by atoms with Gasteiger partial charge in [0.1, 0.15) is 15.8 Å². The second kappa shape index (κ2) is 9.95. The second-order valence-electron chi connectivity index (χ2n) is 9.84. The van der Waals surface area contributed by atoms with E-state index in [-0.39, 0.29) is 17.5 Å². The summed E-state index contributed by atoms with van der Waals surface area (Å²) in [6.07, 6.45) is 7.68. The van der Waals surface area contributed by atoms with E-state index in [0.29, 0.717) is 26.3 Å². The lowest BCUT2D eigenvalue weighted by Gasteiger charge is -2.37. The molecule has 2 saturated heterocycles. The Morgan fingerprint density at radius 3 is 2.41 bits per heavy atom. The van der Waals surface area contributed by atoms with Crippen molar-refractivity contribution in [1.82, 2.24) is 14.3 Å². The summed E-state index contributed by atoms with van der Waals surface area (Å²) in [5.74, 6) is 0.550. The van der Waals surface area contributed by atoms with Gasteiger partial charge in [0.15, 0.2) is 0 Å². The Morgan fingerprint density at radius 1 is 0.973 bits per heavy atom. The lowest BCUT2D eigenvalue weighted by molar-refractivity contribution is -0.123. The van der Waals surface area contributed by atoms with Gasteiger partial charge < -0.3 is 9.80 Å². The normalized spacial score (nSPS) is 20.1. The minimum absolute atomic E-state index is 0.0875. The number of thioether (sulfide) groups is 1. The van der Waals surface area contributed by atoms with Crippen LogP contribution in [-0.4, -0.2) is 56.7 Å². The van der Waals surface area contributed by atoms with Crippen LogP contribution in [0.2, 0.25) is 0 Å². The van der Waals surface area contributed by atoms with E-state index in [4.69, 9.17) is 17.2 Å². The molecule has 7 nitrogen and oxygen atoms in total. The van der Waals surface area contributed by atoms with Gasteiger partial charge in [-0.2, -0.15) is 0 Å². The van der Waals surface area contributed by atoms with Crippen molar-refractivity contribution in [2.45, 2.75) is 38.6 Å². The fraction of sp³-hybridized carbons (Fsp3) is 0.357. The minimum Gasteiger partial charge on any atom is -0.368 e. The number of benzene rings is 1. The van der Waals surface area contributed by atoms with Crippen LogP contribution in [0, 0.1) is 6.92 Å². The Hall–Kier alpha value is -3.17. The van der Waals surface area contributed by atoms with Gasteiger partial charge in [-0.3, -0.25) is 18.9 Å². The van der Waals surface area contributed by atoms with Gasteiger partial charge >= 0.3 is 0 Å². The molecule has 3 fully saturated rings. The SMILES string of the molecule is Cc1cccn2c(=O)c(C=C3SC(=S)N(C4CCCC4)C3=O)c(N3CCN(c4ccccc4)CC3)nc12. The Labute approximate surface area is 225 Å². The lowest BCUT2D eigenvalue weighted by Crippen LogP contribution is -2.47. The van der Waals surface area contributed by atoms with Crippen LogP contribution in [0.1, 0.15) is 36.8 Å². The smallest absolute Gasteiger partial charge is 0.267 e. The molecule has 0 N–H and O–H groups in total. The first-order chi connectivity index (χ1) is 18.0. The Bertz CT molecular complexity index is 1450. The number of rotatable bonds is 4. The van der Waals surface area contributed by atoms with Crippen LogP contribution >= 0.6 is 24.0 Å². The molecule has 1 aliphatic carbocycles. The number of amides is 1. The number of aromatic nitrogens is 2. The van der Waals surface area contributed by atoms with Crippen LogP contribution in [0.25, 0.3) is 11.7 Å². The predicted molar refractivity (Wildman–Crippen MR) is 154 cm³/mol. The Kier molecular flexibility index (Phi) is 6.50. The van der Waals surface area contributed by atoms with Crippen molar-refractivity contribution in [1.29, 1.82) is 0 Å². The number of carbonyl (C=O) groups excluding carboxylic acids is 1. The molecule has 0 spiro atoms. The van der Waals surface area contributed by atoms with Crippen molar-refractivity contribution in [3.05, 3.63) is 75.0 Å². The summed E-state index contributed by atoms with van der Waals surface area (Å²) >= 11 is 6.90. The average Bonchev–Trinajstić information content (AvgIpc) is 3.54. The third kappa shape index (κ3) is 4.44. The van der Waals surface area contributed by atoms with Crippen LogP contribution in [0.3, 0.4) is 0 Å². The summed E-state index contributed by atoms with van der Waals surface area (Å²) in [7, 11) is 0. The maximum Gasteiger partial charge on any atom is 0.267 e. The maximum atomic E-state index is 13.8. The zero-order chi connectivity index (χ0) is 25.5. The van der Waals surface area contributed by atoms with Crippen LogP contribution in [-0.2, 0) is 4.79 Å². The summed E-state index contributed by atoms with van der Waals surface area (Å²) in [6.45, 7) is 5.07. The largest absolute Gasteiger partial charge is 0.368 e. The number of carbonyl (C=O) groups is 1. The molecule has 1 amide bonds. The summed E-state index contributed by atoms with van der Waals surface area (Å²) in [5, 5.41) is 0. The first-order valence-electron chi connectivity index (χ1n) is 12.9. The van der Waals surface area contributed by atoms with Crippen molar-refractivity contribution in [2.75, 3.05) is 36.0 Å². The Morgan fingerprint density at radius 2 is 1.68 bits per heavy atom. The van der Waals surface area contributed by atoms with Crippen molar-refractivity contribution in [3.63, 3.8) is 0 Å². The lowest BCUT2D eigenvalue weighted by atomic mass is 10.1. The number of nitrogens with zero attached hydrogens (tertiary/aromatic N) is 5. The van der Waals surface area contributed by atoms with Crippen molar-refractivity contribution in [3.8, 4) is 0 Å². The molecule has 0 unspecified atom stereocenters. The topological polar surface area (TPSA) is 61.2 Å². The van der Waals surface area contributed by atoms with Crippen LogP contribution in [0.4, 0.5) is 11.5 Å². The van der Waals surface area contributed by atoms with Crippen molar-refractivity contribution in [2.24, 2.45) is 0 Å². The van der Waals surface area contributed by atoms with Gasteiger partial charge in [-0.05, 0) is 49.6 Å². The quantitative estimate of drug-likeness (QED) is 0.364. The summed E-state index contributed by atoms with van der Waals surface area (Å²) in [5.41, 5.74) is 3.05. The van der Waals surface area contributed by atoms with Gasteiger partial charge in [0, 0.05) is 44.1 Å². The average molecular weight is 532 g/mol. The number of hydrogen-bond acceptors (Lipinski definition) is 7. The van der Waals surface area contributed by atoms with Gasteiger partial charge in [-0.15, -0.1) is 0 Å². The zero-order valence-electron chi connectivity index (χ0n) is 20.8. The summed E-state index contributed by atoms with van der Waals surface area (Å²) in [6, 6.07) is 14.4. The highest BCUT2D eigenvalue weighted by Gasteiger charge is 2.38. The van der Waals surface area contributed by atoms with E-state index in [1.54, 1.807) is 21.6 Å². The second-order valence-corrected chi connectivity index (χ2v) is 11.5. The van der Waals surface area contributed by atoms with Gasteiger partial charge in [-0.25, -0.2) is 4.98 Å². The highest BCUT2D eigenvalue weighted by molar-refractivity contribution is 8.26. The number of piperazine rings is 1. The molecule has 2 aliphatic heterocycles. The maximum absolute atomic E-state index is 13.8. The van der Waals surface area contributed by atoms with Crippen LogP contribution < -0.4 is 15.4 Å². The highest BCUT2D eigenvalue weighted by Crippen LogP contribution is 2.38. The van der Waals surface area contributed by atoms with E-state index in [1.165, 1.54) is 17.4 Å². The Balaban J connectivity index is 1.38. The van der Waals surface area contributed by atoms with Gasteiger partial charge in [-0.1, -0.05) is 61.1 Å². The van der Waals surface area contributed by atoms with Gasteiger partial charge in [0.05, 0.1) is 10.5 Å². The molecule has 1 saturated carbocycles. The summed E-state index contributed by atoms with van der Waals surface area (Å²) in [4.78, 5) is 39.0. The third-order valence-electron chi connectivity index (χ3n) is 7.55. The number of hydrogen-bond donors (Lipinski definition) is 0. The number of thiocarbonyl (C=S) groups is 1. The third-order valence-corrected chi connectivity index (χ3v) is 8.88. The van der Waals surface area contributed by atoms with Gasteiger partial charge in [0.2, 0.25) is 0 Å². The first-order valence-corrected chi connectivity index (χ1v) is 14.1. The van der Waals surface area contributed by atoms with E-state index < -0.39 is 0 Å². The standard InChI is InChI=1S/C28H29N5O2S2/c1-19-8-7-13-32-24(19)29-25(31-16-14-30(15-17-31)20-9-3-2-4-10-20)22(26(32)34)18-23-27(35)33(28(36)37-23)21-11-5-6-12-21/h2-4,7-10,13,18,21H,5-6,11-12,14-17H2,1H3. The van der Waals surface area contributed by atoms with E-state index in [2.05, 4.69) is 34.1 Å². The van der Waals surface area contributed by atoms with E-state index in [0.717, 1.165) is 57.4 Å². The molecule has 9 heteroatoms. The molecule has 190 valence electrons. The highest BCUT2D eigenvalue weighted by atomic mass is 32.2. The fourth-order valence-electron chi connectivity index (χ4n) is 5.57. The summed E-state index contributed by atoms with van der Waals surface area (Å²) < 4.78 is 2.17. The molecule has 3 aromatic rings. The van der Waals surface area contributed by atoms with Crippen molar-refractivity contribution >= 4 is 57.4 Å². The van der Waals surface area contributed by atoms with Crippen molar-refractivity contribution < 1.29 is 4.79 Å². The fourth-order valence-corrected chi connectivity index (χ4v) is 6.95. The number of aryl methyl sites for hydroxylation is 1. The number of pyridine rings is 1. The molecule has 6 rings (SSSR count). The molecule has 4 heterocycles. The van der Waals surface area contributed by atoms with E-state index in [9.17, 15) is 9.59 Å².